The molecule has 0 spiro atoms. The monoisotopic (exact) mass is 279 g/mol. The van der Waals surface area contributed by atoms with Crippen molar-refractivity contribution in [2.45, 2.75) is 12.8 Å². The van der Waals surface area contributed by atoms with Crippen molar-refractivity contribution in [3.8, 4) is 0 Å². The molecule has 0 unspecified atom stereocenters. The van der Waals surface area contributed by atoms with Gasteiger partial charge in [-0.15, -0.1) is 0 Å². The average Bonchev–Trinajstić information content (AvgIpc) is 2.50. The Hall–Kier alpha value is -2.68. The molecule has 1 N–H and O–H groups in total. The first-order chi connectivity index (χ1) is 10.2. The zero-order valence-electron chi connectivity index (χ0n) is 11.7. The second kappa shape index (κ2) is 7.20. The van der Waals surface area contributed by atoms with E-state index in [1.807, 2.05) is 42.5 Å². The quantitative estimate of drug-likeness (QED) is 0.826. The summed E-state index contributed by atoms with van der Waals surface area (Å²) in [5, 5.41) is 2.84. The first-order valence-electron chi connectivity index (χ1n) is 6.75. The lowest BCUT2D eigenvalue weighted by Gasteiger charge is -2.06. The Morgan fingerprint density at radius 1 is 0.905 bits per heavy atom. The minimum atomic E-state index is -0.0592. The SMILES string of the molecule is C=CC(=O)Cc1ccc(NC(=O)Cc2ccccc2)cc1. The molecule has 1 amide bonds. The largest absolute Gasteiger partial charge is 0.326 e. The van der Waals surface area contributed by atoms with Gasteiger partial charge in [0.05, 0.1) is 6.42 Å². The number of carbonyl (C=O) groups excluding carboxylic acids is 2. The molecule has 0 saturated carbocycles. The summed E-state index contributed by atoms with van der Waals surface area (Å²) >= 11 is 0. The van der Waals surface area contributed by atoms with Crippen molar-refractivity contribution in [1.29, 1.82) is 0 Å². The Morgan fingerprint density at radius 3 is 2.14 bits per heavy atom. The molecule has 3 heteroatoms. The fourth-order valence-electron chi connectivity index (χ4n) is 1.97. The van der Waals surface area contributed by atoms with Crippen molar-refractivity contribution >= 4 is 17.4 Å². The van der Waals surface area contributed by atoms with Crippen LogP contribution in [-0.4, -0.2) is 11.7 Å². The maximum absolute atomic E-state index is 11.9. The van der Waals surface area contributed by atoms with Gasteiger partial charge in [0, 0.05) is 12.1 Å². The molecule has 3 nitrogen and oxygen atoms in total. The van der Waals surface area contributed by atoms with Crippen LogP contribution in [0.25, 0.3) is 0 Å². The number of allylic oxidation sites excluding steroid dienone is 1. The molecule has 0 bridgehead atoms. The fourth-order valence-corrected chi connectivity index (χ4v) is 1.97. The number of carbonyl (C=O) groups is 2. The van der Waals surface area contributed by atoms with Crippen LogP contribution in [0, 0.1) is 0 Å². The predicted octanol–water partition coefficient (Wildman–Crippen LogP) is 3.17. The van der Waals surface area contributed by atoms with Crippen molar-refractivity contribution in [3.63, 3.8) is 0 Å². The Morgan fingerprint density at radius 2 is 1.52 bits per heavy atom. The second-order valence-corrected chi connectivity index (χ2v) is 4.75. The van der Waals surface area contributed by atoms with E-state index in [-0.39, 0.29) is 11.7 Å². The molecule has 0 aliphatic rings. The molecule has 2 aromatic rings. The Labute approximate surface area is 124 Å². The van der Waals surface area contributed by atoms with Gasteiger partial charge in [-0.25, -0.2) is 0 Å². The first-order valence-corrected chi connectivity index (χ1v) is 6.75. The number of benzene rings is 2. The topological polar surface area (TPSA) is 46.2 Å². The number of nitrogens with one attached hydrogen (secondary N) is 1. The fraction of sp³-hybridized carbons (Fsp3) is 0.111. The van der Waals surface area contributed by atoms with E-state index >= 15 is 0 Å². The summed E-state index contributed by atoms with van der Waals surface area (Å²) in [7, 11) is 0. The third kappa shape index (κ3) is 4.73. The van der Waals surface area contributed by atoms with E-state index in [0.717, 1.165) is 16.8 Å². The van der Waals surface area contributed by atoms with Crippen LogP contribution < -0.4 is 5.32 Å². The lowest BCUT2D eigenvalue weighted by atomic mass is 10.1. The number of hydrogen-bond donors (Lipinski definition) is 1. The van der Waals surface area contributed by atoms with Crippen LogP contribution in [0.4, 0.5) is 5.69 Å². The van der Waals surface area contributed by atoms with Gasteiger partial charge in [0.1, 0.15) is 0 Å². The summed E-state index contributed by atoms with van der Waals surface area (Å²) in [5.74, 6) is -0.0769. The molecule has 106 valence electrons. The standard InChI is InChI=1S/C18H17NO2/c1-2-17(20)12-15-8-10-16(11-9-15)19-18(21)13-14-6-4-3-5-7-14/h2-11H,1,12-13H2,(H,19,21). The van der Waals surface area contributed by atoms with Crippen molar-refractivity contribution in [1.82, 2.24) is 0 Å². The molecular weight excluding hydrogens is 262 g/mol. The van der Waals surface area contributed by atoms with Gasteiger partial charge in [-0.2, -0.15) is 0 Å². The number of anilines is 1. The van der Waals surface area contributed by atoms with Crippen LogP contribution >= 0.6 is 0 Å². The van der Waals surface area contributed by atoms with Crippen LogP contribution in [0.5, 0.6) is 0 Å². The number of rotatable bonds is 6. The third-order valence-electron chi connectivity index (χ3n) is 3.05. The van der Waals surface area contributed by atoms with Gasteiger partial charge >= 0.3 is 0 Å². The highest BCUT2D eigenvalue weighted by molar-refractivity contribution is 5.93. The number of amides is 1. The molecule has 0 heterocycles. The lowest BCUT2D eigenvalue weighted by Crippen LogP contribution is -2.14. The van der Waals surface area contributed by atoms with E-state index in [2.05, 4.69) is 11.9 Å². The molecule has 0 atom stereocenters. The first kappa shape index (κ1) is 14.7. The molecule has 0 fully saturated rings. The van der Waals surface area contributed by atoms with Crippen LogP contribution in [0.2, 0.25) is 0 Å². The van der Waals surface area contributed by atoms with Crippen LogP contribution in [0.3, 0.4) is 0 Å². The van der Waals surface area contributed by atoms with Gasteiger partial charge in [-0.1, -0.05) is 49.0 Å². The highest BCUT2D eigenvalue weighted by Crippen LogP contribution is 2.11. The Balaban J connectivity index is 1.92. The van der Waals surface area contributed by atoms with Gasteiger partial charge in [-0.3, -0.25) is 9.59 Å². The smallest absolute Gasteiger partial charge is 0.228 e. The molecular formula is C18H17NO2. The van der Waals surface area contributed by atoms with Crippen LogP contribution in [0.1, 0.15) is 11.1 Å². The van der Waals surface area contributed by atoms with Crippen molar-refractivity contribution in [3.05, 3.63) is 78.4 Å². The van der Waals surface area contributed by atoms with Crippen LogP contribution in [0.15, 0.2) is 67.3 Å². The Bertz CT molecular complexity index is 630. The van der Waals surface area contributed by atoms with E-state index < -0.39 is 0 Å². The number of ketones is 1. The molecule has 2 aromatic carbocycles. The van der Waals surface area contributed by atoms with Crippen molar-refractivity contribution < 1.29 is 9.59 Å². The summed E-state index contributed by atoms with van der Waals surface area (Å²) in [6.07, 6.45) is 1.99. The van der Waals surface area contributed by atoms with E-state index in [9.17, 15) is 9.59 Å². The molecule has 0 aliphatic heterocycles. The summed E-state index contributed by atoms with van der Waals surface area (Å²) < 4.78 is 0. The maximum atomic E-state index is 11.9. The van der Waals surface area contributed by atoms with Crippen molar-refractivity contribution in [2.24, 2.45) is 0 Å². The highest BCUT2D eigenvalue weighted by atomic mass is 16.1. The highest BCUT2D eigenvalue weighted by Gasteiger charge is 2.04. The van der Waals surface area contributed by atoms with E-state index in [0.29, 0.717) is 12.8 Å². The molecule has 0 aliphatic carbocycles. The minimum absolute atomic E-state index is 0.0177. The predicted molar refractivity (Wildman–Crippen MR) is 84.1 cm³/mol. The van der Waals surface area contributed by atoms with Gasteiger partial charge in [0.25, 0.3) is 0 Å². The number of hydrogen-bond acceptors (Lipinski definition) is 2. The van der Waals surface area contributed by atoms with Gasteiger partial charge in [0.15, 0.2) is 5.78 Å². The van der Waals surface area contributed by atoms with Crippen LogP contribution in [-0.2, 0) is 22.4 Å². The maximum Gasteiger partial charge on any atom is 0.228 e. The third-order valence-corrected chi connectivity index (χ3v) is 3.05. The normalized spacial score (nSPS) is 9.90. The van der Waals surface area contributed by atoms with E-state index in [4.69, 9.17) is 0 Å². The van der Waals surface area contributed by atoms with Gasteiger partial charge in [-0.05, 0) is 29.3 Å². The van der Waals surface area contributed by atoms with Gasteiger partial charge < -0.3 is 5.32 Å². The molecule has 0 aromatic heterocycles. The van der Waals surface area contributed by atoms with Gasteiger partial charge in [0.2, 0.25) is 5.91 Å². The molecule has 2 rings (SSSR count). The average molecular weight is 279 g/mol. The summed E-state index contributed by atoms with van der Waals surface area (Å²) in [6.45, 7) is 3.45. The Kier molecular flexibility index (Phi) is 5.04. The van der Waals surface area contributed by atoms with E-state index in [1.165, 1.54) is 6.08 Å². The zero-order chi connectivity index (χ0) is 15.1. The van der Waals surface area contributed by atoms with E-state index in [1.54, 1.807) is 12.1 Å². The van der Waals surface area contributed by atoms with Crippen molar-refractivity contribution in [2.75, 3.05) is 5.32 Å². The molecule has 21 heavy (non-hydrogen) atoms. The lowest BCUT2D eigenvalue weighted by molar-refractivity contribution is -0.116. The summed E-state index contributed by atoms with van der Waals surface area (Å²) in [5.41, 5.74) is 2.61. The second-order valence-electron chi connectivity index (χ2n) is 4.75. The summed E-state index contributed by atoms with van der Waals surface area (Å²) in [6, 6.07) is 16.8. The summed E-state index contributed by atoms with van der Waals surface area (Å²) in [4.78, 5) is 23.2. The minimum Gasteiger partial charge on any atom is -0.326 e. The molecule has 0 saturated heterocycles. The molecule has 0 radical (unpaired) electrons. The zero-order valence-corrected chi connectivity index (χ0v) is 11.7.